The van der Waals surface area contributed by atoms with Gasteiger partial charge in [-0.05, 0) is 16.7 Å². The van der Waals surface area contributed by atoms with Crippen molar-refractivity contribution >= 4 is 11.9 Å². The Morgan fingerprint density at radius 2 is 1.53 bits per heavy atom. The van der Waals surface area contributed by atoms with Crippen LogP contribution in [0, 0.1) is 22.7 Å². The van der Waals surface area contributed by atoms with E-state index >= 15 is 0 Å². The topological polar surface area (TPSA) is 66.4 Å². The fourth-order valence-electron chi connectivity index (χ4n) is 2.60. The van der Waals surface area contributed by atoms with Crippen LogP contribution in [0.2, 0.25) is 0 Å². The maximum atomic E-state index is 12.1. The van der Waals surface area contributed by atoms with E-state index in [1.54, 1.807) is 13.8 Å². The van der Waals surface area contributed by atoms with Gasteiger partial charge in [0.1, 0.15) is 6.04 Å². The third kappa shape index (κ3) is 2.17. The molecule has 98 valence electrons. The average Bonchev–Trinajstić information content (AvgIpc) is 2.52. The summed E-state index contributed by atoms with van der Waals surface area (Å²) in [7, 11) is 0. The number of carbonyl (C=O) groups is 2. The number of hydrogen-bond acceptors (Lipinski definition) is 2. The van der Waals surface area contributed by atoms with Crippen LogP contribution in [0.5, 0.6) is 0 Å². The van der Waals surface area contributed by atoms with Crippen LogP contribution in [-0.4, -0.2) is 23.0 Å². The van der Waals surface area contributed by atoms with Crippen molar-refractivity contribution in [2.75, 3.05) is 0 Å². The summed E-state index contributed by atoms with van der Waals surface area (Å²) < 4.78 is 0. The van der Waals surface area contributed by atoms with Gasteiger partial charge in [0.05, 0.1) is 0 Å². The molecule has 1 aliphatic rings. The summed E-state index contributed by atoms with van der Waals surface area (Å²) in [6, 6.07) is -0.797. The standard InChI is InChI=1S/C13H23NO3/c1-7(2)8(11(16)17)14-10(15)9-12(3,4)13(9,5)6/h7-9H,1-6H3,(H,14,15)(H,16,17)/t8-/m1/s1. The minimum atomic E-state index is -0.968. The number of nitrogens with one attached hydrogen (secondary N) is 1. The van der Waals surface area contributed by atoms with Crippen molar-refractivity contribution in [2.45, 2.75) is 47.6 Å². The highest BCUT2D eigenvalue weighted by molar-refractivity contribution is 5.88. The molecule has 2 N–H and O–H groups in total. The second-order valence-electron chi connectivity index (χ2n) is 6.44. The van der Waals surface area contributed by atoms with Gasteiger partial charge in [-0.1, -0.05) is 41.5 Å². The van der Waals surface area contributed by atoms with E-state index in [0.29, 0.717) is 0 Å². The molecule has 0 aromatic rings. The van der Waals surface area contributed by atoms with Crippen molar-refractivity contribution in [2.24, 2.45) is 22.7 Å². The Hall–Kier alpha value is -1.06. The summed E-state index contributed by atoms with van der Waals surface area (Å²) in [5.41, 5.74) is -0.117. The van der Waals surface area contributed by atoms with Crippen molar-refractivity contribution in [1.29, 1.82) is 0 Å². The van der Waals surface area contributed by atoms with Gasteiger partial charge in [0.15, 0.2) is 0 Å². The predicted molar refractivity (Wildman–Crippen MR) is 65.5 cm³/mol. The molecule has 1 atom stereocenters. The maximum Gasteiger partial charge on any atom is 0.326 e. The molecule has 1 amide bonds. The number of rotatable bonds is 4. The molecule has 1 aliphatic carbocycles. The van der Waals surface area contributed by atoms with Crippen LogP contribution in [0.15, 0.2) is 0 Å². The number of carboxylic acid groups (broad SMARTS) is 1. The van der Waals surface area contributed by atoms with Gasteiger partial charge in [-0.2, -0.15) is 0 Å². The third-order valence-corrected chi connectivity index (χ3v) is 4.51. The van der Waals surface area contributed by atoms with Gasteiger partial charge < -0.3 is 10.4 Å². The molecule has 4 nitrogen and oxygen atoms in total. The number of carbonyl (C=O) groups excluding carboxylic acids is 1. The lowest BCUT2D eigenvalue weighted by atomic mass is 10.0. The molecule has 0 aromatic carbocycles. The van der Waals surface area contributed by atoms with Gasteiger partial charge in [0, 0.05) is 5.92 Å². The van der Waals surface area contributed by atoms with Crippen LogP contribution < -0.4 is 5.32 Å². The molecule has 4 heteroatoms. The molecular weight excluding hydrogens is 218 g/mol. The molecule has 1 saturated carbocycles. The Balaban J connectivity index is 2.72. The molecule has 0 aromatic heterocycles. The van der Waals surface area contributed by atoms with Crippen LogP contribution in [0.25, 0.3) is 0 Å². The van der Waals surface area contributed by atoms with Gasteiger partial charge in [-0.3, -0.25) is 4.79 Å². The summed E-state index contributed by atoms with van der Waals surface area (Å²) >= 11 is 0. The molecule has 0 unspecified atom stereocenters. The van der Waals surface area contributed by atoms with E-state index in [9.17, 15) is 9.59 Å². The van der Waals surface area contributed by atoms with Crippen molar-refractivity contribution in [3.05, 3.63) is 0 Å². The molecule has 17 heavy (non-hydrogen) atoms. The lowest BCUT2D eigenvalue weighted by Crippen LogP contribution is -2.45. The Morgan fingerprint density at radius 1 is 1.12 bits per heavy atom. The smallest absolute Gasteiger partial charge is 0.326 e. The van der Waals surface area contributed by atoms with E-state index in [0.717, 1.165) is 0 Å². The van der Waals surface area contributed by atoms with Crippen molar-refractivity contribution < 1.29 is 14.7 Å². The fraction of sp³-hybridized carbons (Fsp3) is 0.846. The largest absolute Gasteiger partial charge is 0.480 e. The Labute approximate surface area is 103 Å². The summed E-state index contributed by atoms with van der Waals surface area (Å²) in [5.74, 6) is -1.32. The van der Waals surface area contributed by atoms with Crippen LogP contribution >= 0.6 is 0 Å². The Morgan fingerprint density at radius 3 is 1.76 bits per heavy atom. The monoisotopic (exact) mass is 241 g/mol. The zero-order valence-electron chi connectivity index (χ0n) is 11.5. The number of carboxylic acids is 1. The molecule has 1 fully saturated rings. The highest BCUT2D eigenvalue weighted by Crippen LogP contribution is 2.68. The second kappa shape index (κ2) is 4.00. The lowest BCUT2D eigenvalue weighted by molar-refractivity contribution is -0.143. The van der Waals surface area contributed by atoms with Crippen molar-refractivity contribution in [1.82, 2.24) is 5.32 Å². The van der Waals surface area contributed by atoms with Gasteiger partial charge in [0.25, 0.3) is 0 Å². The molecule has 0 bridgehead atoms. The van der Waals surface area contributed by atoms with E-state index < -0.39 is 12.0 Å². The molecule has 0 heterocycles. The number of aliphatic carboxylic acids is 1. The summed E-state index contributed by atoms with van der Waals surface area (Å²) in [5, 5.41) is 11.7. The fourth-order valence-corrected chi connectivity index (χ4v) is 2.60. The lowest BCUT2D eigenvalue weighted by Gasteiger charge is -2.18. The predicted octanol–water partition coefficient (Wildman–Crippen LogP) is 1.89. The van der Waals surface area contributed by atoms with E-state index in [2.05, 4.69) is 5.32 Å². The van der Waals surface area contributed by atoms with Crippen LogP contribution in [-0.2, 0) is 9.59 Å². The highest BCUT2D eigenvalue weighted by Gasteiger charge is 2.68. The first-order valence-electron chi connectivity index (χ1n) is 6.06. The van der Waals surface area contributed by atoms with Gasteiger partial charge >= 0.3 is 5.97 Å². The Bertz CT molecular complexity index is 331. The average molecular weight is 241 g/mol. The SMILES string of the molecule is CC(C)[C@@H](NC(=O)C1C(C)(C)C1(C)C)C(=O)O. The molecule has 0 spiro atoms. The quantitative estimate of drug-likeness (QED) is 0.790. The second-order valence-corrected chi connectivity index (χ2v) is 6.44. The zero-order chi connectivity index (χ0) is 13.6. The van der Waals surface area contributed by atoms with Gasteiger partial charge in [-0.25, -0.2) is 4.79 Å². The molecule has 1 rings (SSSR count). The molecular formula is C13H23NO3. The zero-order valence-corrected chi connectivity index (χ0v) is 11.5. The van der Waals surface area contributed by atoms with Crippen molar-refractivity contribution in [3.63, 3.8) is 0 Å². The van der Waals surface area contributed by atoms with Gasteiger partial charge in [-0.15, -0.1) is 0 Å². The molecule has 0 saturated heterocycles. The van der Waals surface area contributed by atoms with Crippen molar-refractivity contribution in [3.8, 4) is 0 Å². The van der Waals surface area contributed by atoms with E-state index in [1.165, 1.54) is 0 Å². The van der Waals surface area contributed by atoms with E-state index in [-0.39, 0.29) is 28.6 Å². The normalized spacial score (nSPS) is 23.2. The first-order valence-corrected chi connectivity index (χ1v) is 6.06. The van der Waals surface area contributed by atoms with Crippen LogP contribution in [0.3, 0.4) is 0 Å². The maximum absolute atomic E-state index is 12.1. The molecule has 0 radical (unpaired) electrons. The summed E-state index contributed by atoms with van der Waals surface area (Å²) in [6.07, 6.45) is 0. The van der Waals surface area contributed by atoms with Gasteiger partial charge in [0.2, 0.25) is 5.91 Å². The minimum absolute atomic E-state index is 0.0584. The third-order valence-electron chi connectivity index (χ3n) is 4.51. The van der Waals surface area contributed by atoms with Crippen LogP contribution in [0.4, 0.5) is 0 Å². The Kier molecular flexibility index (Phi) is 3.29. The first-order chi connectivity index (χ1) is 7.53. The van der Waals surface area contributed by atoms with Crippen LogP contribution in [0.1, 0.15) is 41.5 Å². The highest BCUT2D eigenvalue weighted by atomic mass is 16.4. The summed E-state index contributed by atoms with van der Waals surface area (Å²) in [4.78, 5) is 23.1. The van der Waals surface area contributed by atoms with E-state index in [4.69, 9.17) is 5.11 Å². The number of hydrogen-bond donors (Lipinski definition) is 2. The van der Waals surface area contributed by atoms with E-state index in [1.807, 2.05) is 27.7 Å². The molecule has 0 aliphatic heterocycles. The number of amides is 1. The minimum Gasteiger partial charge on any atom is -0.480 e. The first kappa shape index (κ1) is 14.0. The summed E-state index contributed by atoms with van der Waals surface area (Å²) in [6.45, 7) is 11.8.